The molecule has 25 heavy (non-hydrogen) atoms. The van der Waals surface area contributed by atoms with Crippen molar-refractivity contribution in [3.05, 3.63) is 47.1 Å². The maximum Gasteiger partial charge on any atom is 0.419 e. The number of nitrogens with zero attached hydrogens (tertiary/aromatic N) is 4. The predicted octanol–water partition coefficient (Wildman–Crippen LogP) is 3.59. The molecule has 1 aliphatic rings. The highest BCUT2D eigenvalue weighted by Gasteiger charge is 2.37. The van der Waals surface area contributed by atoms with Gasteiger partial charge in [-0.05, 0) is 19.4 Å². The number of halogens is 3. The minimum atomic E-state index is -4.50. The third-order valence-electron chi connectivity index (χ3n) is 4.22. The smallest absolute Gasteiger partial charge is 0.387 e. The van der Waals surface area contributed by atoms with Crippen LogP contribution in [0.2, 0.25) is 0 Å². The van der Waals surface area contributed by atoms with Crippen molar-refractivity contribution in [3.63, 3.8) is 0 Å². The summed E-state index contributed by atoms with van der Waals surface area (Å²) in [4.78, 5) is 3.99. The van der Waals surface area contributed by atoms with E-state index in [0.29, 0.717) is 28.8 Å². The Balaban J connectivity index is 2.12. The lowest BCUT2D eigenvalue weighted by Gasteiger charge is -2.17. The number of fused-ring (bicyclic) bond motifs is 1. The van der Waals surface area contributed by atoms with E-state index in [1.54, 1.807) is 26.2 Å². The second-order valence-electron chi connectivity index (χ2n) is 6.28. The highest BCUT2D eigenvalue weighted by atomic mass is 19.4. The van der Waals surface area contributed by atoms with Crippen LogP contribution in [0.15, 0.2) is 24.7 Å². The van der Waals surface area contributed by atoms with E-state index in [1.807, 2.05) is 6.08 Å². The van der Waals surface area contributed by atoms with Crippen LogP contribution >= 0.6 is 0 Å². The standard InChI is InChI=1S/C17H16F3N5/c1-16(2,9-21)25-8-10(6-24-25)11-4-5-13-14(11)15(22-3)12(7-23-13)17(18,19)20/h4,6-8H,5H2,1-3H3,(H,22,23). The average molecular weight is 347 g/mol. The number of nitrogens with one attached hydrogen (secondary N) is 1. The summed E-state index contributed by atoms with van der Waals surface area (Å²) >= 11 is 0. The Morgan fingerprint density at radius 1 is 1.28 bits per heavy atom. The second kappa shape index (κ2) is 5.62. The largest absolute Gasteiger partial charge is 0.419 e. The van der Waals surface area contributed by atoms with Crippen molar-refractivity contribution >= 4 is 11.3 Å². The van der Waals surface area contributed by atoms with Gasteiger partial charge in [0, 0.05) is 37.0 Å². The third kappa shape index (κ3) is 2.76. The number of rotatable bonds is 3. The highest BCUT2D eigenvalue weighted by molar-refractivity contribution is 5.90. The van der Waals surface area contributed by atoms with Gasteiger partial charge < -0.3 is 5.32 Å². The lowest BCUT2D eigenvalue weighted by molar-refractivity contribution is -0.137. The molecule has 1 N–H and O–H groups in total. The van der Waals surface area contributed by atoms with Crippen LogP contribution in [0.3, 0.4) is 0 Å². The molecule has 0 aliphatic heterocycles. The number of aromatic nitrogens is 3. The molecule has 0 bridgehead atoms. The van der Waals surface area contributed by atoms with E-state index < -0.39 is 17.3 Å². The van der Waals surface area contributed by atoms with Crippen LogP contribution in [0.4, 0.5) is 18.9 Å². The molecule has 2 heterocycles. The first-order valence-electron chi connectivity index (χ1n) is 7.63. The Morgan fingerprint density at radius 2 is 2.00 bits per heavy atom. The van der Waals surface area contributed by atoms with Crippen LogP contribution in [0.5, 0.6) is 0 Å². The van der Waals surface area contributed by atoms with Crippen molar-refractivity contribution in [2.24, 2.45) is 0 Å². The molecule has 0 aromatic carbocycles. The summed E-state index contributed by atoms with van der Waals surface area (Å²) in [5, 5.41) is 16.1. The molecule has 130 valence electrons. The van der Waals surface area contributed by atoms with Gasteiger partial charge in [0.1, 0.15) is 5.54 Å². The molecule has 0 saturated heterocycles. The molecule has 0 fully saturated rings. The SMILES string of the molecule is CNc1c(C(F)(F)F)cnc2c1C(c1cnn(C(C)(C)C#N)c1)=CC2. The van der Waals surface area contributed by atoms with E-state index >= 15 is 0 Å². The number of hydrogen-bond donors (Lipinski definition) is 1. The number of hydrogen-bond acceptors (Lipinski definition) is 4. The summed E-state index contributed by atoms with van der Waals surface area (Å²) < 4.78 is 41.4. The molecule has 2 aromatic rings. The average Bonchev–Trinajstić information content (AvgIpc) is 3.19. The van der Waals surface area contributed by atoms with Crippen LogP contribution in [0.25, 0.3) is 5.57 Å². The first-order valence-corrected chi connectivity index (χ1v) is 7.63. The molecular weight excluding hydrogens is 331 g/mol. The molecule has 0 radical (unpaired) electrons. The Hall–Kier alpha value is -2.82. The van der Waals surface area contributed by atoms with Crippen LogP contribution in [0, 0.1) is 11.3 Å². The number of pyridine rings is 1. The van der Waals surface area contributed by atoms with Crippen molar-refractivity contribution in [2.75, 3.05) is 12.4 Å². The van der Waals surface area contributed by atoms with Gasteiger partial charge in [-0.2, -0.15) is 23.5 Å². The fraction of sp³-hybridized carbons (Fsp3) is 0.353. The van der Waals surface area contributed by atoms with Crippen molar-refractivity contribution in [1.82, 2.24) is 14.8 Å². The van der Waals surface area contributed by atoms with Gasteiger partial charge in [-0.3, -0.25) is 9.67 Å². The molecular formula is C17H16F3N5. The highest BCUT2D eigenvalue weighted by Crippen LogP contribution is 2.43. The summed E-state index contributed by atoms with van der Waals surface area (Å²) in [6.45, 7) is 3.42. The van der Waals surface area contributed by atoms with E-state index in [9.17, 15) is 18.4 Å². The Labute approximate surface area is 142 Å². The van der Waals surface area contributed by atoms with Crippen LogP contribution in [-0.2, 0) is 18.1 Å². The van der Waals surface area contributed by atoms with E-state index in [2.05, 4.69) is 21.5 Å². The van der Waals surface area contributed by atoms with E-state index in [0.717, 1.165) is 6.20 Å². The van der Waals surface area contributed by atoms with Gasteiger partial charge in [-0.1, -0.05) is 6.08 Å². The Morgan fingerprint density at radius 3 is 2.60 bits per heavy atom. The van der Waals surface area contributed by atoms with Gasteiger partial charge >= 0.3 is 6.18 Å². The maximum absolute atomic E-state index is 13.3. The zero-order valence-electron chi connectivity index (χ0n) is 13.9. The fourth-order valence-electron chi connectivity index (χ4n) is 2.85. The van der Waals surface area contributed by atoms with Gasteiger partial charge in [0.2, 0.25) is 0 Å². The summed E-state index contributed by atoms with van der Waals surface area (Å²) in [7, 11) is 1.46. The van der Waals surface area contributed by atoms with Gasteiger partial charge in [0.05, 0.1) is 29.2 Å². The quantitative estimate of drug-likeness (QED) is 0.921. The van der Waals surface area contributed by atoms with Crippen molar-refractivity contribution < 1.29 is 13.2 Å². The topological polar surface area (TPSA) is 66.5 Å². The summed E-state index contributed by atoms with van der Waals surface area (Å²) in [5.41, 5.74) is 0.668. The van der Waals surface area contributed by atoms with Crippen molar-refractivity contribution in [3.8, 4) is 6.07 Å². The lowest BCUT2D eigenvalue weighted by atomic mass is 9.99. The maximum atomic E-state index is 13.3. The first kappa shape index (κ1) is 17.0. The Bertz CT molecular complexity index is 900. The van der Waals surface area contributed by atoms with E-state index in [-0.39, 0.29) is 5.69 Å². The Kier molecular flexibility index (Phi) is 3.82. The lowest BCUT2D eigenvalue weighted by Crippen LogP contribution is -2.24. The summed E-state index contributed by atoms with van der Waals surface area (Å²) in [6.07, 6.45) is 1.87. The molecule has 2 aromatic heterocycles. The van der Waals surface area contributed by atoms with E-state index in [1.165, 1.54) is 11.7 Å². The first-order chi connectivity index (χ1) is 11.7. The normalized spacial score (nSPS) is 14.0. The van der Waals surface area contributed by atoms with Crippen molar-refractivity contribution in [1.29, 1.82) is 5.26 Å². The molecule has 0 atom stereocenters. The van der Waals surface area contributed by atoms with Gasteiger partial charge in [0.25, 0.3) is 0 Å². The van der Waals surface area contributed by atoms with Crippen LogP contribution in [-0.4, -0.2) is 21.8 Å². The summed E-state index contributed by atoms with van der Waals surface area (Å²) in [6, 6.07) is 2.14. The molecule has 0 amide bonds. The second-order valence-corrected chi connectivity index (χ2v) is 6.28. The van der Waals surface area contributed by atoms with Gasteiger partial charge in [0.15, 0.2) is 0 Å². The monoisotopic (exact) mass is 347 g/mol. The molecule has 0 saturated carbocycles. The molecule has 0 spiro atoms. The van der Waals surface area contributed by atoms with Crippen molar-refractivity contribution in [2.45, 2.75) is 32.0 Å². The van der Waals surface area contributed by atoms with Crippen LogP contribution < -0.4 is 5.32 Å². The fourth-order valence-corrected chi connectivity index (χ4v) is 2.85. The number of nitriles is 1. The molecule has 0 unspecified atom stereocenters. The zero-order chi connectivity index (χ0) is 18.4. The zero-order valence-corrected chi connectivity index (χ0v) is 13.9. The van der Waals surface area contributed by atoms with Crippen LogP contribution in [0.1, 0.15) is 36.2 Å². The minimum Gasteiger partial charge on any atom is -0.387 e. The third-order valence-corrected chi connectivity index (χ3v) is 4.22. The molecule has 1 aliphatic carbocycles. The number of anilines is 1. The molecule has 3 rings (SSSR count). The van der Waals surface area contributed by atoms with E-state index in [4.69, 9.17) is 0 Å². The predicted molar refractivity (Wildman–Crippen MR) is 86.7 cm³/mol. The number of alkyl halides is 3. The van der Waals surface area contributed by atoms with Gasteiger partial charge in [-0.25, -0.2) is 0 Å². The van der Waals surface area contributed by atoms with Gasteiger partial charge in [-0.15, -0.1) is 0 Å². The molecule has 5 nitrogen and oxygen atoms in total. The molecule has 8 heteroatoms. The minimum absolute atomic E-state index is 0.00791. The summed E-state index contributed by atoms with van der Waals surface area (Å²) in [5.74, 6) is 0. The number of allylic oxidation sites excluding steroid dienone is 1.